The Morgan fingerprint density at radius 3 is 2.52 bits per heavy atom. The second-order valence-corrected chi connectivity index (χ2v) is 13.1. The fourth-order valence-corrected chi connectivity index (χ4v) is 8.13. The van der Waals surface area contributed by atoms with E-state index in [4.69, 9.17) is 17.3 Å². The van der Waals surface area contributed by atoms with E-state index in [0.29, 0.717) is 29.9 Å². The molecule has 2 aromatic rings. The number of rotatable bonds is 4. The highest BCUT2D eigenvalue weighted by atomic mass is 35.5. The van der Waals surface area contributed by atoms with E-state index in [1.165, 1.54) is 23.1 Å². The molecule has 0 bridgehead atoms. The third-order valence-corrected chi connectivity index (χ3v) is 10.4. The van der Waals surface area contributed by atoms with Crippen LogP contribution in [0.15, 0.2) is 60.2 Å². The Kier molecular flexibility index (Phi) is 7.82. The van der Waals surface area contributed by atoms with Crippen LogP contribution in [0.2, 0.25) is 5.02 Å². The summed E-state index contributed by atoms with van der Waals surface area (Å²) in [5.41, 5.74) is 6.56. The summed E-state index contributed by atoms with van der Waals surface area (Å²) in [5.74, 6) is -1.25. The molecule has 42 heavy (non-hydrogen) atoms. The molecule has 224 valence electrons. The number of halogens is 5. The van der Waals surface area contributed by atoms with Crippen molar-refractivity contribution in [3.63, 3.8) is 0 Å². The second kappa shape index (κ2) is 11.0. The van der Waals surface area contributed by atoms with Gasteiger partial charge >= 0.3 is 12.2 Å². The number of carbonyl (C=O) groups excluding carboxylic acids is 1. The average Bonchev–Trinajstić information content (AvgIpc) is 2.91. The molecule has 2 aliphatic heterocycles. The van der Waals surface area contributed by atoms with Crippen LogP contribution in [0, 0.1) is 11.7 Å². The highest BCUT2D eigenvalue weighted by Crippen LogP contribution is 2.43. The summed E-state index contributed by atoms with van der Waals surface area (Å²) < 4.78 is 84.9. The van der Waals surface area contributed by atoms with E-state index in [1.54, 1.807) is 44.2 Å². The van der Waals surface area contributed by atoms with Crippen molar-refractivity contribution < 1.29 is 30.8 Å². The van der Waals surface area contributed by atoms with Gasteiger partial charge in [-0.1, -0.05) is 55.0 Å². The van der Waals surface area contributed by atoms with Crippen molar-refractivity contribution >= 4 is 50.7 Å². The first kappa shape index (κ1) is 30.0. The van der Waals surface area contributed by atoms with Crippen LogP contribution in [0.3, 0.4) is 0 Å². The van der Waals surface area contributed by atoms with Gasteiger partial charge < -0.3 is 15.5 Å². The molecule has 3 aliphatic rings. The minimum absolute atomic E-state index is 0.105. The smallest absolute Gasteiger partial charge is 0.361 e. The minimum atomic E-state index is -4.71. The summed E-state index contributed by atoms with van der Waals surface area (Å²) in [5, 5.41) is -1.26. The summed E-state index contributed by atoms with van der Waals surface area (Å²) in [6.07, 6.45) is -0.140. The number of allylic oxidation sites excluding steroid dienone is 4. The van der Waals surface area contributed by atoms with Gasteiger partial charge in [-0.05, 0) is 48.2 Å². The molecular formula is C29H29ClF4N4O3S. The Labute approximate surface area is 246 Å². The van der Waals surface area contributed by atoms with Gasteiger partial charge in [0.1, 0.15) is 11.1 Å². The second-order valence-electron chi connectivity index (χ2n) is 10.7. The summed E-state index contributed by atoms with van der Waals surface area (Å²) in [6.45, 7) is 3.98. The minimum Gasteiger partial charge on any atom is -0.361 e. The Balaban J connectivity index is 1.62. The van der Waals surface area contributed by atoms with Crippen molar-refractivity contribution in [2.75, 3.05) is 35.4 Å². The fourth-order valence-electron chi connectivity index (χ4n) is 5.77. The van der Waals surface area contributed by atoms with Gasteiger partial charge in [-0.2, -0.15) is 13.2 Å². The van der Waals surface area contributed by atoms with Crippen LogP contribution in [-0.4, -0.2) is 63.0 Å². The largest absolute Gasteiger partial charge is 0.416 e. The van der Waals surface area contributed by atoms with Crippen LogP contribution in [0.5, 0.6) is 0 Å². The van der Waals surface area contributed by atoms with E-state index in [-0.39, 0.29) is 29.4 Å². The van der Waals surface area contributed by atoms with Crippen molar-refractivity contribution in [1.29, 1.82) is 0 Å². The molecule has 2 heterocycles. The van der Waals surface area contributed by atoms with E-state index >= 15 is 0 Å². The molecule has 3 atom stereocenters. The number of fused-ring (bicyclic) bond motifs is 3. The maximum absolute atomic E-state index is 14.6. The maximum atomic E-state index is 14.6. The summed E-state index contributed by atoms with van der Waals surface area (Å²) >= 11 is 6.24. The van der Waals surface area contributed by atoms with Crippen molar-refractivity contribution in [3.8, 4) is 0 Å². The lowest BCUT2D eigenvalue weighted by molar-refractivity contribution is -0.0886. The zero-order valence-electron chi connectivity index (χ0n) is 22.8. The average molecular weight is 625 g/mol. The molecule has 0 aromatic heterocycles. The molecule has 1 fully saturated rings. The van der Waals surface area contributed by atoms with E-state index in [9.17, 15) is 30.8 Å². The molecule has 0 spiro atoms. The predicted molar refractivity (Wildman–Crippen MR) is 156 cm³/mol. The Morgan fingerprint density at radius 1 is 1.12 bits per heavy atom. The molecule has 5 rings (SSSR count). The monoisotopic (exact) mass is 624 g/mol. The van der Waals surface area contributed by atoms with Gasteiger partial charge in [0, 0.05) is 25.2 Å². The lowest BCUT2D eigenvalue weighted by Gasteiger charge is -2.49. The highest BCUT2D eigenvalue weighted by molar-refractivity contribution is 7.93. The molecule has 2 unspecified atom stereocenters. The van der Waals surface area contributed by atoms with Crippen LogP contribution in [0.1, 0.15) is 25.0 Å². The van der Waals surface area contributed by atoms with Crippen molar-refractivity contribution in [2.24, 2.45) is 11.7 Å². The topological polar surface area (TPSA) is 87.0 Å². The number of amides is 2. The highest BCUT2D eigenvalue weighted by Gasteiger charge is 2.45. The molecule has 0 radical (unpaired) electrons. The number of piperazine rings is 1. The Hall–Kier alpha value is -3.51. The molecule has 1 aliphatic carbocycles. The lowest BCUT2D eigenvalue weighted by Crippen LogP contribution is -2.63. The first-order chi connectivity index (χ1) is 19.7. The number of nitrogens with two attached hydrogens (primary N) is 1. The molecule has 2 amide bonds. The van der Waals surface area contributed by atoms with Crippen LogP contribution < -0.4 is 14.9 Å². The van der Waals surface area contributed by atoms with Gasteiger partial charge in [0.25, 0.3) is 0 Å². The lowest BCUT2D eigenvalue weighted by atomic mass is 9.98. The molecule has 7 nitrogen and oxygen atoms in total. The van der Waals surface area contributed by atoms with E-state index in [2.05, 4.69) is 0 Å². The first-order valence-corrected chi connectivity index (χ1v) is 15.1. The third kappa shape index (κ3) is 5.49. The SMILES string of the molecule is C/C(=C\c1ccc2c(c1)N(S(=O)(=O)C1C=C(C(F)(F)F)C=CC1C)C[C@@H]1CN(C(N)=O)CCN21)c1c(F)cccc1Cl. The molecular weight excluding hydrogens is 596 g/mol. The molecule has 2 N–H and O–H groups in total. The molecule has 2 aromatic carbocycles. The number of sulfonamides is 1. The number of nitrogens with zero attached hydrogens (tertiary/aromatic N) is 3. The number of carbonyl (C=O) groups is 1. The van der Waals surface area contributed by atoms with E-state index in [0.717, 1.165) is 16.5 Å². The van der Waals surface area contributed by atoms with Gasteiger partial charge in [-0.15, -0.1) is 0 Å². The number of alkyl halides is 3. The van der Waals surface area contributed by atoms with Gasteiger partial charge in [0.2, 0.25) is 10.0 Å². The molecule has 1 saturated heterocycles. The van der Waals surface area contributed by atoms with Gasteiger partial charge in [0.15, 0.2) is 0 Å². The van der Waals surface area contributed by atoms with Crippen molar-refractivity contribution in [2.45, 2.75) is 31.3 Å². The van der Waals surface area contributed by atoms with Gasteiger partial charge in [-0.3, -0.25) is 4.31 Å². The van der Waals surface area contributed by atoms with Crippen LogP contribution in [-0.2, 0) is 10.0 Å². The third-order valence-electron chi connectivity index (χ3n) is 7.91. The fraction of sp³-hybridized carbons (Fsp3) is 0.345. The zero-order chi connectivity index (χ0) is 30.6. The van der Waals surface area contributed by atoms with Crippen molar-refractivity contribution in [1.82, 2.24) is 4.90 Å². The van der Waals surface area contributed by atoms with E-state index < -0.39 is 50.8 Å². The first-order valence-electron chi connectivity index (χ1n) is 13.2. The molecule has 0 saturated carbocycles. The maximum Gasteiger partial charge on any atom is 0.416 e. The number of hydrogen-bond acceptors (Lipinski definition) is 4. The number of hydrogen-bond donors (Lipinski definition) is 1. The Bertz CT molecular complexity index is 1600. The standard InChI is InChI=1S/C29H29ClF4N4O3S/c1-17-6-8-20(29(32,33)34)14-26(17)42(40,41)38-16-21-15-36(28(35)39)10-11-37(21)24-9-7-19(13-25(24)38)12-18(2)27-22(30)4-3-5-23(27)31/h3-9,12-14,17,21,26H,10-11,15-16H2,1-2H3,(H2,35,39)/b18-12+/t17?,21-,26?/m0/s1. The van der Waals surface area contributed by atoms with Gasteiger partial charge in [-0.25, -0.2) is 17.6 Å². The number of anilines is 2. The number of benzene rings is 2. The Morgan fingerprint density at radius 2 is 1.86 bits per heavy atom. The van der Waals surface area contributed by atoms with Crippen LogP contribution in [0.25, 0.3) is 11.6 Å². The number of urea groups is 1. The van der Waals surface area contributed by atoms with Crippen molar-refractivity contribution in [3.05, 3.63) is 82.2 Å². The summed E-state index contributed by atoms with van der Waals surface area (Å²) in [6, 6.07) is 8.33. The zero-order valence-corrected chi connectivity index (χ0v) is 24.3. The number of primary amides is 1. The summed E-state index contributed by atoms with van der Waals surface area (Å²) in [4.78, 5) is 15.3. The van der Waals surface area contributed by atoms with E-state index in [1.807, 2.05) is 4.90 Å². The van der Waals surface area contributed by atoms with Crippen LogP contribution >= 0.6 is 11.6 Å². The quantitative estimate of drug-likeness (QED) is 0.343. The van der Waals surface area contributed by atoms with Crippen LogP contribution in [0.4, 0.5) is 33.7 Å². The molecule has 13 heteroatoms. The summed E-state index contributed by atoms with van der Waals surface area (Å²) in [7, 11) is -4.40. The normalized spacial score (nSPS) is 22.9. The predicted octanol–water partition coefficient (Wildman–Crippen LogP) is 5.82. The van der Waals surface area contributed by atoms with Gasteiger partial charge in [0.05, 0.1) is 34.6 Å².